The molecule has 0 aromatic heterocycles. The van der Waals surface area contributed by atoms with Crippen molar-refractivity contribution in [2.75, 3.05) is 0 Å². The van der Waals surface area contributed by atoms with E-state index in [1.807, 2.05) is 0 Å². The zero-order valence-electron chi connectivity index (χ0n) is 11.1. The average Bonchev–Trinajstić information content (AvgIpc) is 2.83. The fourth-order valence-corrected chi connectivity index (χ4v) is 5.00. The Hall–Kier alpha value is 0.110. The molecule has 2 nitrogen and oxygen atoms in total. The van der Waals surface area contributed by atoms with Crippen LogP contribution < -0.4 is 0 Å². The van der Waals surface area contributed by atoms with Crippen LogP contribution in [0.15, 0.2) is 0 Å². The predicted octanol–water partition coefficient (Wildman–Crippen LogP) is 3.25. The molecule has 0 amide bonds. The lowest BCUT2D eigenvalue weighted by Gasteiger charge is -2.25. The highest BCUT2D eigenvalue weighted by molar-refractivity contribution is 7.84. The molecule has 2 aliphatic rings. The minimum atomic E-state index is -0.811. The van der Waals surface area contributed by atoms with Gasteiger partial charge >= 0.3 is 0 Å². The molecule has 94 valence electrons. The minimum absolute atomic E-state index is 0.103. The van der Waals surface area contributed by atoms with Crippen molar-refractivity contribution in [3.8, 4) is 0 Å². The number of hydrogen-bond donors (Lipinski definition) is 0. The molecule has 1 heterocycles. The Balaban J connectivity index is 2.14. The normalized spacial score (nSPS) is 35.0. The molecule has 2 unspecified atom stereocenters. The highest BCUT2D eigenvalue weighted by atomic mass is 32.2. The first-order valence-electron chi connectivity index (χ1n) is 6.65. The second-order valence-corrected chi connectivity index (χ2v) is 8.39. The highest BCUT2D eigenvalue weighted by Gasteiger charge is 2.64. The molecule has 3 heteroatoms. The summed E-state index contributed by atoms with van der Waals surface area (Å²) in [6.45, 7) is 8.50. The molecule has 0 radical (unpaired) electrons. The Morgan fingerprint density at radius 3 is 2.25 bits per heavy atom. The number of rotatable bonds is 2. The SMILES string of the molecule is CC[C@H]1N(S(=O)C(C)(C)C)C12CCCCC2. The van der Waals surface area contributed by atoms with E-state index < -0.39 is 11.0 Å². The van der Waals surface area contributed by atoms with Gasteiger partial charge in [-0.2, -0.15) is 0 Å². The molecule has 2 rings (SSSR count). The van der Waals surface area contributed by atoms with Crippen LogP contribution in [0.1, 0.15) is 66.2 Å². The van der Waals surface area contributed by atoms with E-state index in [4.69, 9.17) is 0 Å². The van der Waals surface area contributed by atoms with Gasteiger partial charge in [-0.25, -0.2) is 8.51 Å². The predicted molar refractivity (Wildman–Crippen MR) is 69.6 cm³/mol. The molecule has 0 N–H and O–H groups in total. The summed E-state index contributed by atoms with van der Waals surface area (Å²) in [4.78, 5) is 0. The third-order valence-corrected chi connectivity index (χ3v) is 6.11. The molecule has 1 spiro atoms. The minimum Gasteiger partial charge on any atom is -0.242 e. The van der Waals surface area contributed by atoms with Crippen LogP contribution >= 0.6 is 0 Å². The van der Waals surface area contributed by atoms with Gasteiger partial charge in [-0.05, 0) is 40.0 Å². The maximum absolute atomic E-state index is 12.5. The molecule has 0 aromatic rings. The Bertz CT molecular complexity index is 289. The summed E-state index contributed by atoms with van der Waals surface area (Å²) in [7, 11) is -0.811. The van der Waals surface area contributed by atoms with Crippen LogP contribution in [0.4, 0.5) is 0 Å². The van der Waals surface area contributed by atoms with Crippen LogP contribution in [-0.4, -0.2) is 24.8 Å². The number of nitrogens with zero attached hydrogens (tertiary/aromatic N) is 1. The lowest BCUT2D eigenvalue weighted by molar-refractivity contribution is 0.366. The molecule has 1 saturated carbocycles. The van der Waals surface area contributed by atoms with Crippen LogP contribution in [0.5, 0.6) is 0 Å². The van der Waals surface area contributed by atoms with Gasteiger partial charge in [0, 0.05) is 6.04 Å². The van der Waals surface area contributed by atoms with Gasteiger partial charge in [0.1, 0.15) is 11.0 Å². The largest absolute Gasteiger partial charge is 0.242 e. The van der Waals surface area contributed by atoms with E-state index in [1.54, 1.807) is 0 Å². The Labute approximate surface area is 102 Å². The van der Waals surface area contributed by atoms with Crippen molar-refractivity contribution in [2.24, 2.45) is 0 Å². The van der Waals surface area contributed by atoms with E-state index in [0.717, 1.165) is 6.42 Å². The smallest absolute Gasteiger partial charge is 0.101 e. The first-order chi connectivity index (χ1) is 7.43. The fourth-order valence-electron chi connectivity index (χ4n) is 3.25. The van der Waals surface area contributed by atoms with Crippen molar-refractivity contribution in [1.29, 1.82) is 0 Å². The van der Waals surface area contributed by atoms with Crippen molar-refractivity contribution < 1.29 is 4.21 Å². The third-order valence-electron chi connectivity index (χ3n) is 4.08. The van der Waals surface area contributed by atoms with Crippen molar-refractivity contribution in [1.82, 2.24) is 4.31 Å². The molecule has 16 heavy (non-hydrogen) atoms. The van der Waals surface area contributed by atoms with Crippen LogP contribution in [0.2, 0.25) is 0 Å². The zero-order valence-corrected chi connectivity index (χ0v) is 11.9. The molecular weight excluding hydrogens is 218 g/mol. The fraction of sp³-hybridized carbons (Fsp3) is 1.00. The molecule has 3 atom stereocenters. The van der Waals surface area contributed by atoms with Gasteiger partial charge in [-0.3, -0.25) is 0 Å². The lowest BCUT2D eigenvalue weighted by Crippen LogP contribution is -2.32. The van der Waals surface area contributed by atoms with E-state index in [0.29, 0.717) is 11.6 Å². The van der Waals surface area contributed by atoms with Gasteiger partial charge < -0.3 is 0 Å². The molecule has 1 saturated heterocycles. The zero-order chi connectivity index (χ0) is 12.0. The van der Waals surface area contributed by atoms with E-state index in [9.17, 15) is 4.21 Å². The summed E-state index contributed by atoms with van der Waals surface area (Å²) in [6, 6.07) is 0.591. The van der Waals surface area contributed by atoms with Crippen LogP contribution in [0, 0.1) is 0 Å². The van der Waals surface area contributed by atoms with Crippen molar-refractivity contribution >= 4 is 11.0 Å². The van der Waals surface area contributed by atoms with Gasteiger partial charge in [0.15, 0.2) is 0 Å². The molecule has 1 aliphatic carbocycles. The maximum Gasteiger partial charge on any atom is 0.101 e. The van der Waals surface area contributed by atoms with Gasteiger partial charge in [-0.15, -0.1) is 0 Å². The summed E-state index contributed by atoms with van der Waals surface area (Å²) >= 11 is 0. The van der Waals surface area contributed by atoms with Crippen molar-refractivity contribution in [3.05, 3.63) is 0 Å². The van der Waals surface area contributed by atoms with E-state index in [2.05, 4.69) is 32.0 Å². The van der Waals surface area contributed by atoms with E-state index in [1.165, 1.54) is 32.1 Å². The summed E-state index contributed by atoms with van der Waals surface area (Å²) in [5, 5.41) is 0. The van der Waals surface area contributed by atoms with Crippen LogP contribution in [0.25, 0.3) is 0 Å². The summed E-state index contributed by atoms with van der Waals surface area (Å²) in [5.41, 5.74) is 0.325. The summed E-state index contributed by atoms with van der Waals surface area (Å²) in [5.74, 6) is 0. The van der Waals surface area contributed by atoms with E-state index in [-0.39, 0.29) is 4.75 Å². The van der Waals surface area contributed by atoms with E-state index >= 15 is 0 Å². The summed E-state index contributed by atoms with van der Waals surface area (Å²) in [6.07, 6.45) is 7.72. The van der Waals surface area contributed by atoms with Gasteiger partial charge in [0.05, 0.1) is 10.3 Å². The first kappa shape index (κ1) is 12.6. The quantitative estimate of drug-likeness (QED) is 0.682. The van der Waals surface area contributed by atoms with Crippen molar-refractivity contribution in [2.45, 2.75) is 82.5 Å². The second kappa shape index (κ2) is 4.09. The Morgan fingerprint density at radius 1 is 1.25 bits per heavy atom. The Kier molecular flexibility index (Phi) is 3.21. The molecule has 0 bridgehead atoms. The topological polar surface area (TPSA) is 20.1 Å². The maximum atomic E-state index is 12.5. The van der Waals surface area contributed by atoms with Gasteiger partial charge in [0.2, 0.25) is 0 Å². The highest BCUT2D eigenvalue weighted by Crippen LogP contribution is 2.54. The summed E-state index contributed by atoms with van der Waals surface area (Å²) < 4.78 is 14.7. The van der Waals surface area contributed by atoms with Crippen LogP contribution in [-0.2, 0) is 11.0 Å². The Morgan fingerprint density at radius 2 is 1.81 bits per heavy atom. The number of hydrogen-bond acceptors (Lipinski definition) is 1. The van der Waals surface area contributed by atoms with Gasteiger partial charge in [0.25, 0.3) is 0 Å². The second-order valence-electron chi connectivity index (χ2n) is 6.28. The van der Waals surface area contributed by atoms with Crippen LogP contribution in [0.3, 0.4) is 0 Å². The molecular formula is C13H25NOS. The molecule has 0 aromatic carbocycles. The standard InChI is InChI=1S/C13H25NOS/c1-5-11-13(9-7-6-8-10-13)14(11)16(15)12(2,3)4/h11H,5-10H2,1-4H3/t11-,14?,16?/m1/s1. The monoisotopic (exact) mass is 243 g/mol. The molecule has 1 aliphatic heterocycles. The van der Waals surface area contributed by atoms with Crippen molar-refractivity contribution in [3.63, 3.8) is 0 Å². The van der Waals surface area contributed by atoms with Gasteiger partial charge in [-0.1, -0.05) is 26.2 Å². The lowest BCUT2D eigenvalue weighted by atomic mass is 9.85. The average molecular weight is 243 g/mol. The first-order valence-corrected chi connectivity index (χ1v) is 7.75. The third kappa shape index (κ3) is 1.86. The molecule has 2 fully saturated rings.